The molecule has 3 aromatic carbocycles. The maximum Gasteiger partial charge on any atom is 0.101 e. The molecule has 0 N–H and O–H groups in total. The molecule has 0 radical (unpaired) electrons. The summed E-state index contributed by atoms with van der Waals surface area (Å²) in [7, 11) is 0. The van der Waals surface area contributed by atoms with Crippen LogP contribution in [0.25, 0.3) is 31.3 Å². The highest BCUT2D eigenvalue weighted by Crippen LogP contribution is 2.37. The van der Waals surface area contributed by atoms with Crippen molar-refractivity contribution in [1.82, 2.24) is 4.98 Å². The molecule has 2 aromatic heterocycles. The minimum Gasteiger partial charge on any atom is -0.250 e. The Bertz CT molecular complexity index is 1210. The summed E-state index contributed by atoms with van der Waals surface area (Å²) in [6, 6.07) is 30.0. The first kappa shape index (κ1) is 15.6. The van der Waals surface area contributed by atoms with Gasteiger partial charge in [-0.15, -0.1) is 11.3 Å². The Hall–Kier alpha value is -2.62. The van der Waals surface area contributed by atoms with E-state index in [0.29, 0.717) is 0 Å². The van der Waals surface area contributed by atoms with Gasteiger partial charge in [-0.25, -0.2) is 4.98 Å². The van der Waals surface area contributed by atoms with E-state index < -0.39 is 0 Å². The Kier molecular flexibility index (Phi) is 3.96. The lowest BCUT2D eigenvalue weighted by atomic mass is 10.0. The van der Waals surface area contributed by atoms with Crippen LogP contribution in [0.3, 0.4) is 0 Å². The molecular weight excluding hydrogens is 354 g/mol. The van der Waals surface area contributed by atoms with Gasteiger partial charge in [0, 0.05) is 31.3 Å². The quantitative estimate of drug-likeness (QED) is 0.332. The average molecular weight is 370 g/mol. The van der Waals surface area contributed by atoms with Gasteiger partial charge < -0.3 is 0 Å². The molecule has 0 atom stereocenters. The second kappa shape index (κ2) is 6.60. The van der Waals surface area contributed by atoms with Crippen LogP contribution < -0.4 is 0 Å². The summed E-state index contributed by atoms with van der Waals surface area (Å²) in [6.07, 6.45) is 1.90. The summed E-state index contributed by atoms with van der Waals surface area (Å²) in [5, 5.41) is 3.70. The second-order valence-electron chi connectivity index (χ2n) is 6.11. The third kappa shape index (κ3) is 2.90. The molecule has 0 aliphatic carbocycles. The highest BCUT2D eigenvalue weighted by atomic mass is 32.2. The van der Waals surface area contributed by atoms with Gasteiger partial charge in [0.05, 0.1) is 0 Å². The molecule has 0 saturated carbocycles. The first-order valence-corrected chi connectivity index (χ1v) is 10.1. The highest BCUT2D eigenvalue weighted by Gasteiger charge is 2.07. The number of thiophene rings is 1. The fourth-order valence-corrected chi connectivity index (χ4v) is 5.14. The fraction of sp³-hybridized carbons (Fsp3) is 0. The first-order chi connectivity index (χ1) is 12.9. The van der Waals surface area contributed by atoms with Crippen molar-refractivity contribution in [2.45, 2.75) is 9.92 Å². The van der Waals surface area contributed by atoms with Crippen LogP contribution in [-0.2, 0) is 0 Å². The van der Waals surface area contributed by atoms with Gasteiger partial charge in [0.1, 0.15) is 5.03 Å². The van der Waals surface area contributed by atoms with Gasteiger partial charge in [-0.2, -0.15) is 0 Å². The predicted octanol–water partition coefficient (Wildman–Crippen LogP) is 7.27. The van der Waals surface area contributed by atoms with Crippen LogP contribution in [0, 0.1) is 0 Å². The van der Waals surface area contributed by atoms with Crippen molar-refractivity contribution in [2.24, 2.45) is 0 Å². The molecule has 0 bridgehead atoms. The Labute approximate surface area is 160 Å². The molecular formula is C23H15NS2. The zero-order valence-corrected chi connectivity index (χ0v) is 15.6. The van der Waals surface area contributed by atoms with Crippen molar-refractivity contribution in [3.05, 3.63) is 91.1 Å². The SMILES string of the molecule is c1ccc(Sc2cc(-c3ccc4c(c3)sc3ccccc34)ccn2)cc1. The molecule has 124 valence electrons. The summed E-state index contributed by atoms with van der Waals surface area (Å²) in [6.45, 7) is 0. The Morgan fingerprint density at radius 3 is 2.35 bits per heavy atom. The average Bonchev–Trinajstić information content (AvgIpc) is 3.07. The summed E-state index contributed by atoms with van der Waals surface area (Å²) in [5.74, 6) is 0. The topological polar surface area (TPSA) is 12.9 Å². The van der Waals surface area contributed by atoms with Crippen molar-refractivity contribution < 1.29 is 0 Å². The van der Waals surface area contributed by atoms with Gasteiger partial charge in [-0.05, 0) is 47.5 Å². The number of rotatable bonds is 3. The molecule has 5 rings (SSSR count). The standard InChI is InChI=1S/C23H15NS2/c1-2-6-18(7-3-1)25-23-15-17(12-13-24-23)16-10-11-20-19-8-4-5-9-21(19)26-22(20)14-16/h1-15H. The number of pyridine rings is 1. The van der Waals surface area contributed by atoms with Crippen LogP contribution in [0.1, 0.15) is 0 Å². The van der Waals surface area contributed by atoms with Crippen LogP contribution in [0.4, 0.5) is 0 Å². The number of hydrogen-bond acceptors (Lipinski definition) is 3. The summed E-state index contributed by atoms with van der Waals surface area (Å²) in [5.41, 5.74) is 2.44. The van der Waals surface area contributed by atoms with Crippen LogP contribution in [0.2, 0.25) is 0 Å². The zero-order valence-electron chi connectivity index (χ0n) is 13.9. The molecule has 1 nitrogen and oxygen atoms in total. The van der Waals surface area contributed by atoms with E-state index in [1.807, 2.05) is 23.6 Å². The van der Waals surface area contributed by atoms with Crippen molar-refractivity contribution in [3.63, 3.8) is 0 Å². The normalized spacial score (nSPS) is 11.2. The number of hydrogen-bond donors (Lipinski definition) is 0. The summed E-state index contributed by atoms with van der Waals surface area (Å²) >= 11 is 3.55. The van der Waals surface area contributed by atoms with E-state index in [1.54, 1.807) is 11.8 Å². The molecule has 5 aromatic rings. The molecule has 0 aliphatic rings. The van der Waals surface area contributed by atoms with E-state index in [1.165, 1.54) is 36.2 Å². The summed E-state index contributed by atoms with van der Waals surface area (Å²) in [4.78, 5) is 5.73. The number of fused-ring (bicyclic) bond motifs is 3. The van der Waals surface area contributed by atoms with E-state index in [2.05, 4.69) is 83.8 Å². The third-order valence-corrected chi connectivity index (χ3v) is 6.49. The minimum atomic E-state index is 1.02. The Balaban J connectivity index is 1.55. The van der Waals surface area contributed by atoms with Crippen LogP contribution >= 0.6 is 23.1 Å². The van der Waals surface area contributed by atoms with Crippen LogP contribution in [-0.4, -0.2) is 4.98 Å². The van der Waals surface area contributed by atoms with Crippen molar-refractivity contribution in [1.29, 1.82) is 0 Å². The van der Waals surface area contributed by atoms with Gasteiger partial charge in [-0.3, -0.25) is 0 Å². The van der Waals surface area contributed by atoms with Crippen molar-refractivity contribution in [2.75, 3.05) is 0 Å². The molecule has 0 saturated heterocycles. The maximum absolute atomic E-state index is 4.52. The van der Waals surface area contributed by atoms with Crippen molar-refractivity contribution in [3.8, 4) is 11.1 Å². The predicted molar refractivity (Wildman–Crippen MR) is 113 cm³/mol. The molecule has 3 heteroatoms. The largest absolute Gasteiger partial charge is 0.250 e. The lowest BCUT2D eigenvalue weighted by Crippen LogP contribution is -1.83. The molecule has 0 unspecified atom stereocenters. The van der Waals surface area contributed by atoms with E-state index in [0.717, 1.165) is 5.03 Å². The maximum atomic E-state index is 4.52. The lowest BCUT2D eigenvalue weighted by molar-refractivity contribution is 1.13. The van der Waals surface area contributed by atoms with Gasteiger partial charge in [-0.1, -0.05) is 60.3 Å². The first-order valence-electron chi connectivity index (χ1n) is 8.47. The number of benzene rings is 3. The Morgan fingerprint density at radius 2 is 1.42 bits per heavy atom. The molecule has 0 amide bonds. The highest BCUT2D eigenvalue weighted by molar-refractivity contribution is 7.99. The smallest absolute Gasteiger partial charge is 0.101 e. The van der Waals surface area contributed by atoms with Gasteiger partial charge in [0.15, 0.2) is 0 Å². The third-order valence-electron chi connectivity index (χ3n) is 4.41. The molecule has 0 aliphatic heterocycles. The summed E-state index contributed by atoms with van der Waals surface area (Å²) < 4.78 is 2.67. The fourth-order valence-electron chi connectivity index (χ4n) is 3.16. The van der Waals surface area contributed by atoms with Crippen LogP contribution in [0.5, 0.6) is 0 Å². The lowest BCUT2D eigenvalue weighted by Gasteiger charge is -2.05. The van der Waals surface area contributed by atoms with Gasteiger partial charge in [0.2, 0.25) is 0 Å². The minimum absolute atomic E-state index is 1.02. The van der Waals surface area contributed by atoms with E-state index in [4.69, 9.17) is 0 Å². The molecule has 2 heterocycles. The monoisotopic (exact) mass is 369 g/mol. The molecule has 26 heavy (non-hydrogen) atoms. The van der Waals surface area contributed by atoms with E-state index in [9.17, 15) is 0 Å². The van der Waals surface area contributed by atoms with Crippen LogP contribution in [0.15, 0.2) is 101 Å². The molecule has 0 fully saturated rings. The second-order valence-corrected chi connectivity index (χ2v) is 8.28. The number of nitrogens with zero attached hydrogens (tertiary/aromatic N) is 1. The Morgan fingerprint density at radius 1 is 0.654 bits per heavy atom. The molecule has 0 spiro atoms. The van der Waals surface area contributed by atoms with Gasteiger partial charge in [0.25, 0.3) is 0 Å². The van der Waals surface area contributed by atoms with E-state index >= 15 is 0 Å². The van der Waals surface area contributed by atoms with Gasteiger partial charge >= 0.3 is 0 Å². The van der Waals surface area contributed by atoms with E-state index in [-0.39, 0.29) is 0 Å². The van der Waals surface area contributed by atoms with Crippen molar-refractivity contribution >= 4 is 43.3 Å². The zero-order chi connectivity index (χ0) is 17.3. The number of aromatic nitrogens is 1.